The number of nitrogens with zero attached hydrogens (tertiary/aromatic N) is 3. The Bertz CT molecular complexity index is 1220. The van der Waals surface area contributed by atoms with E-state index in [1.165, 1.54) is 10.6 Å². The van der Waals surface area contributed by atoms with Gasteiger partial charge in [0.2, 0.25) is 6.79 Å². The maximum absolute atomic E-state index is 12.6. The van der Waals surface area contributed by atoms with Crippen molar-refractivity contribution in [2.24, 2.45) is 0 Å². The highest BCUT2D eigenvalue weighted by atomic mass is 16.7. The highest BCUT2D eigenvalue weighted by Crippen LogP contribution is 2.32. The number of carbonyl (C=O) groups excluding carboxylic acids is 1. The standard InChI is InChI=1S/C21H15N3O5/c22-9-10-24-19(23-16-4-2-1-3-15(16)21(24)26)12-27-20(25)8-6-14-5-7-17-18(11-14)29-13-28-17/h1-8,11H,10,12-13H2/b8-6+. The van der Waals surface area contributed by atoms with E-state index in [1.54, 1.807) is 48.5 Å². The van der Waals surface area contributed by atoms with Crippen LogP contribution in [0.2, 0.25) is 0 Å². The number of hydrogen-bond donors (Lipinski definition) is 0. The monoisotopic (exact) mass is 389 g/mol. The quantitative estimate of drug-likeness (QED) is 0.487. The van der Waals surface area contributed by atoms with Gasteiger partial charge in [0, 0.05) is 6.08 Å². The van der Waals surface area contributed by atoms with Gasteiger partial charge in [0.1, 0.15) is 13.2 Å². The smallest absolute Gasteiger partial charge is 0.331 e. The second kappa shape index (κ2) is 7.86. The summed E-state index contributed by atoms with van der Waals surface area (Å²) in [6.45, 7) is -0.240. The number of nitriles is 1. The molecule has 0 fully saturated rings. The number of para-hydroxylation sites is 1. The Hall–Kier alpha value is -4.12. The number of fused-ring (bicyclic) bond motifs is 2. The zero-order valence-electron chi connectivity index (χ0n) is 15.2. The van der Waals surface area contributed by atoms with Crippen LogP contribution in [0.15, 0.2) is 53.3 Å². The van der Waals surface area contributed by atoms with Gasteiger partial charge in [-0.1, -0.05) is 18.2 Å². The van der Waals surface area contributed by atoms with Crippen LogP contribution < -0.4 is 15.0 Å². The van der Waals surface area contributed by atoms with E-state index < -0.39 is 5.97 Å². The van der Waals surface area contributed by atoms with Crippen molar-refractivity contribution in [1.82, 2.24) is 9.55 Å². The molecule has 0 atom stereocenters. The molecule has 0 saturated carbocycles. The molecular weight excluding hydrogens is 374 g/mol. The number of hydrogen-bond acceptors (Lipinski definition) is 7. The molecule has 0 unspecified atom stereocenters. The fourth-order valence-electron chi connectivity index (χ4n) is 2.92. The van der Waals surface area contributed by atoms with E-state index in [0.29, 0.717) is 22.4 Å². The molecule has 0 bridgehead atoms. The lowest BCUT2D eigenvalue weighted by Crippen LogP contribution is -2.26. The fraction of sp³-hybridized carbons (Fsp3) is 0.143. The highest BCUT2D eigenvalue weighted by molar-refractivity contribution is 5.87. The van der Waals surface area contributed by atoms with E-state index in [-0.39, 0.29) is 31.3 Å². The minimum Gasteiger partial charge on any atom is -0.454 e. The summed E-state index contributed by atoms with van der Waals surface area (Å²) in [4.78, 5) is 29.0. The number of ether oxygens (including phenoxy) is 3. The van der Waals surface area contributed by atoms with Crippen molar-refractivity contribution in [3.63, 3.8) is 0 Å². The number of aromatic nitrogens is 2. The average molecular weight is 389 g/mol. The van der Waals surface area contributed by atoms with Crippen LogP contribution in [0.5, 0.6) is 11.5 Å². The molecule has 8 nitrogen and oxygen atoms in total. The third kappa shape index (κ3) is 3.80. The van der Waals surface area contributed by atoms with Crippen LogP contribution in [-0.2, 0) is 22.7 Å². The summed E-state index contributed by atoms with van der Waals surface area (Å²) in [5, 5.41) is 9.42. The van der Waals surface area contributed by atoms with Gasteiger partial charge in [0.25, 0.3) is 5.56 Å². The summed E-state index contributed by atoms with van der Waals surface area (Å²) < 4.78 is 17.0. The van der Waals surface area contributed by atoms with Crippen molar-refractivity contribution in [3.05, 3.63) is 70.3 Å². The van der Waals surface area contributed by atoms with Crippen molar-refractivity contribution in [1.29, 1.82) is 5.26 Å². The van der Waals surface area contributed by atoms with Crippen molar-refractivity contribution in [3.8, 4) is 17.6 Å². The van der Waals surface area contributed by atoms with Gasteiger partial charge in [-0.3, -0.25) is 9.36 Å². The summed E-state index contributed by atoms with van der Waals surface area (Å²) in [5.74, 6) is 0.873. The molecule has 29 heavy (non-hydrogen) atoms. The predicted molar refractivity (Wildman–Crippen MR) is 103 cm³/mol. The number of rotatable bonds is 5. The van der Waals surface area contributed by atoms with Gasteiger partial charge in [0.15, 0.2) is 17.3 Å². The molecule has 1 aromatic heterocycles. The summed E-state index contributed by atoms with van der Waals surface area (Å²) in [5.41, 5.74) is 0.879. The molecule has 0 aliphatic carbocycles. The van der Waals surface area contributed by atoms with E-state index in [9.17, 15) is 9.59 Å². The van der Waals surface area contributed by atoms with Crippen molar-refractivity contribution >= 4 is 22.9 Å². The molecule has 3 aromatic rings. The van der Waals surface area contributed by atoms with E-state index in [2.05, 4.69) is 4.98 Å². The minimum atomic E-state index is -0.603. The van der Waals surface area contributed by atoms with Crippen LogP contribution in [0.25, 0.3) is 17.0 Å². The molecule has 0 saturated heterocycles. The zero-order chi connectivity index (χ0) is 20.2. The molecule has 0 radical (unpaired) electrons. The SMILES string of the molecule is N#CCn1c(COC(=O)/C=C/c2ccc3c(c2)OCO3)nc2ccccc2c1=O. The molecule has 144 valence electrons. The Kier molecular flexibility index (Phi) is 4.95. The first kappa shape index (κ1) is 18.3. The molecule has 2 aromatic carbocycles. The number of esters is 1. The largest absolute Gasteiger partial charge is 0.454 e. The van der Waals surface area contributed by atoms with Gasteiger partial charge >= 0.3 is 5.97 Å². The minimum absolute atomic E-state index is 0.174. The first-order valence-electron chi connectivity index (χ1n) is 8.75. The fourth-order valence-corrected chi connectivity index (χ4v) is 2.92. The van der Waals surface area contributed by atoms with Crippen LogP contribution >= 0.6 is 0 Å². The van der Waals surface area contributed by atoms with E-state index in [0.717, 1.165) is 5.56 Å². The summed E-state index contributed by atoms with van der Waals surface area (Å²) >= 11 is 0. The van der Waals surface area contributed by atoms with E-state index in [4.69, 9.17) is 19.5 Å². The first-order chi connectivity index (χ1) is 14.2. The Morgan fingerprint density at radius 2 is 2.07 bits per heavy atom. The molecular formula is C21H15N3O5. The Morgan fingerprint density at radius 1 is 1.24 bits per heavy atom. The number of benzene rings is 2. The zero-order valence-corrected chi connectivity index (χ0v) is 15.2. The van der Waals surface area contributed by atoms with Crippen molar-refractivity contribution < 1.29 is 19.0 Å². The van der Waals surface area contributed by atoms with Crippen LogP contribution in [0.4, 0.5) is 0 Å². The average Bonchev–Trinajstić information content (AvgIpc) is 3.21. The normalized spacial score (nSPS) is 12.2. The van der Waals surface area contributed by atoms with Crippen molar-refractivity contribution in [2.75, 3.05) is 6.79 Å². The van der Waals surface area contributed by atoms with Crippen LogP contribution in [0, 0.1) is 11.3 Å². The topological polar surface area (TPSA) is 103 Å². The molecule has 0 N–H and O–H groups in total. The summed E-state index contributed by atoms with van der Waals surface area (Å²) in [6.07, 6.45) is 2.85. The van der Waals surface area contributed by atoms with Crippen molar-refractivity contribution in [2.45, 2.75) is 13.2 Å². The Morgan fingerprint density at radius 3 is 2.93 bits per heavy atom. The molecule has 1 aliphatic rings. The lowest BCUT2D eigenvalue weighted by Gasteiger charge is -2.10. The van der Waals surface area contributed by atoms with Gasteiger partial charge < -0.3 is 14.2 Å². The molecule has 2 heterocycles. The second-order valence-corrected chi connectivity index (χ2v) is 6.15. The molecule has 1 aliphatic heterocycles. The molecule has 8 heteroatoms. The third-order valence-electron chi connectivity index (χ3n) is 4.32. The molecule has 0 spiro atoms. The van der Waals surface area contributed by atoms with Crippen LogP contribution in [0.1, 0.15) is 11.4 Å². The summed E-state index contributed by atoms with van der Waals surface area (Å²) in [7, 11) is 0. The Balaban J connectivity index is 1.50. The highest BCUT2D eigenvalue weighted by Gasteiger charge is 2.13. The second-order valence-electron chi connectivity index (χ2n) is 6.15. The van der Waals surface area contributed by atoms with Gasteiger partial charge in [-0.15, -0.1) is 0 Å². The van der Waals surface area contributed by atoms with Crippen LogP contribution in [-0.4, -0.2) is 22.3 Å². The van der Waals surface area contributed by atoms with Gasteiger partial charge in [-0.2, -0.15) is 5.26 Å². The van der Waals surface area contributed by atoms with E-state index >= 15 is 0 Å². The third-order valence-corrected chi connectivity index (χ3v) is 4.32. The Labute approximate surface area is 165 Å². The van der Waals surface area contributed by atoms with E-state index in [1.807, 2.05) is 6.07 Å². The van der Waals surface area contributed by atoms with Crippen LogP contribution in [0.3, 0.4) is 0 Å². The maximum atomic E-state index is 12.6. The maximum Gasteiger partial charge on any atom is 0.331 e. The summed E-state index contributed by atoms with van der Waals surface area (Å²) in [6, 6.07) is 14.0. The van der Waals surface area contributed by atoms with Gasteiger partial charge in [-0.05, 0) is 35.9 Å². The first-order valence-corrected chi connectivity index (χ1v) is 8.75. The molecule has 0 amide bonds. The van der Waals surface area contributed by atoms with Gasteiger partial charge in [-0.25, -0.2) is 9.78 Å². The predicted octanol–water partition coefficient (Wildman–Crippen LogP) is 2.41. The lowest BCUT2D eigenvalue weighted by atomic mass is 10.2. The number of carbonyl (C=O) groups is 1. The van der Waals surface area contributed by atoms with Gasteiger partial charge in [0.05, 0.1) is 17.0 Å². The lowest BCUT2D eigenvalue weighted by molar-refractivity contribution is -0.139. The molecule has 4 rings (SSSR count).